The van der Waals surface area contributed by atoms with Gasteiger partial charge in [-0.15, -0.1) is 6.58 Å². The molecule has 1 saturated heterocycles. The predicted octanol–water partition coefficient (Wildman–Crippen LogP) is 4.20. The first-order chi connectivity index (χ1) is 17.7. The molecule has 2 aliphatic rings. The molecule has 2 aromatic carbocycles. The number of benzene rings is 2. The quantitative estimate of drug-likeness (QED) is 0.353. The number of aromatic nitrogens is 1. The van der Waals surface area contributed by atoms with Crippen LogP contribution in [0, 0.1) is 5.82 Å². The fourth-order valence-electron chi connectivity index (χ4n) is 5.76. The second-order valence-electron chi connectivity index (χ2n) is 9.98. The molecule has 1 fully saturated rings. The summed E-state index contributed by atoms with van der Waals surface area (Å²) in [4.78, 5) is 36.0. The third kappa shape index (κ3) is 3.85. The molecule has 5 rings (SSSR count). The number of nitrogens with zero attached hydrogens (tertiary/aromatic N) is 3. The number of urea groups is 1. The zero-order valence-corrected chi connectivity index (χ0v) is 21.3. The number of H-pyrrole nitrogens is 1. The van der Waals surface area contributed by atoms with Crippen molar-refractivity contribution in [1.82, 2.24) is 19.7 Å². The monoisotopic (exact) mass is 506 g/mol. The number of hydrogen-bond donors (Lipinski definition) is 2. The van der Waals surface area contributed by atoms with Crippen molar-refractivity contribution >= 4 is 22.8 Å². The second kappa shape index (κ2) is 9.23. The molecule has 2 aliphatic heterocycles. The van der Waals surface area contributed by atoms with Gasteiger partial charge in [-0.05, 0) is 62.3 Å². The van der Waals surface area contributed by atoms with Crippen molar-refractivity contribution < 1.29 is 23.8 Å². The molecule has 0 saturated carbocycles. The van der Waals surface area contributed by atoms with Crippen molar-refractivity contribution in [3.63, 3.8) is 0 Å². The lowest BCUT2D eigenvalue weighted by molar-refractivity contribution is -0.133. The molecule has 3 amide bonds. The number of fused-ring (bicyclic) bond motifs is 4. The zero-order chi connectivity index (χ0) is 26.5. The van der Waals surface area contributed by atoms with E-state index in [1.54, 1.807) is 54.3 Å². The Hall–Kier alpha value is -3.85. The first-order valence-electron chi connectivity index (χ1n) is 12.3. The first kappa shape index (κ1) is 24.8. The summed E-state index contributed by atoms with van der Waals surface area (Å²) < 4.78 is 20.8. The van der Waals surface area contributed by atoms with Crippen LogP contribution >= 0.6 is 0 Å². The number of hydrogen-bond acceptors (Lipinski definition) is 5. The molecule has 2 atom stereocenters. The summed E-state index contributed by atoms with van der Waals surface area (Å²) >= 11 is 0. The number of methoxy groups -OCH3 is 1. The molecule has 2 N–H and O–H groups in total. The number of phenolic OH excluding ortho intramolecular Hbond substituents is 1. The molecule has 0 radical (unpaired) electrons. The first-order valence-corrected chi connectivity index (χ1v) is 12.3. The summed E-state index contributed by atoms with van der Waals surface area (Å²) in [6.07, 6.45) is 2.57. The van der Waals surface area contributed by atoms with E-state index < -0.39 is 23.4 Å². The number of likely N-dealkylation sites (N-methyl/N-ethyl adjacent to an activating group) is 1. The number of rotatable bonds is 8. The largest absolute Gasteiger partial charge is 0.508 e. The highest BCUT2D eigenvalue weighted by Crippen LogP contribution is 2.49. The number of halogens is 1. The Labute approximate surface area is 214 Å². The van der Waals surface area contributed by atoms with Crippen molar-refractivity contribution in [3.05, 3.63) is 71.7 Å². The molecule has 8 nitrogen and oxygen atoms in total. The van der Waals surface area contributed by atoms with E-state index in [-0.39, 0.29) is 30.4 Å². The number of aromatic amines is 1. The Balaban J connectivity index is 1.62. The molecule has 194 valence electrons. The molecule has 0 aliphatic carbocycles. The third-order valence-electron chi connectivity index (χ3n) is 7.50. The fourth-order valence-corrected chi connectivity index (χ4v) is 5.76. The molecule has 0 bridgehead atoms. The van der Waals surface area contributed by atoms with Crippen LogP contribution in [0.4, 0.5) is 9.18 Å². The number of carbonyl (C=O) groups is 2. The lowest BCUT2D eigenvalue weighted by Crippen LogP contribution is -2.53. The van der Waals surface area contributed by atoms with Crippen LogP contribution in [0.5, 0.6) is 11.5 Å². The van der Waals surface area contributed by atoms with Gasteiger partial charge in [0.1, 0.15) is 17.3 Å². The Morgan fingerprint density at radius 3 is 2.81 bits per heavy atom. The normalized spacial score (nSPS) is 21.1. The summed E-state index contributed by atoms with van der Waals surface area (Å²) in [6.45, 7) is 7.17. The summed E-state index contributed by atoms with van der Waals surface area (Å²) in [5.41, 5.74) is 1.21. The van der Waals surface area contributed by atoms with E-state index in [1.807, 2.05) is 7.05 Å². The van der Waals surface area contributed by atoms with E-state index >= 15 is 4.39 Å². The summed E-state index contributed by atoms with van der Waals surface area (Å²) in [7, 11) is 3.36. The fraction of sp³-hybridized carbons (Fsp3) is 0.357. The number of ether oxygens (including phenoxy) is 1. The molecule has 1 aromatic heterocycles. The average Bonchev–Trinajstić information content (AvgIpc) is 3.31. The van der Waals surface area contributed by atoms with Crippen molar-refractivity contribution in [2.24, 2.45) is 0 Å². The molecule has 37 heavy (non-hydrogen) atoms. The molecule has 0 unspecified atom stereocenters. The smallest absolute Gasteiger partial charge is 0.328 e. The number of nitrogens with one attached hydrogen (secondary N) is 1. The molecule has 9 heteroatoms. The van der Waals surface area contributed by atoms with E-state index in [0.717, 1.165) is 0 Å². The van der Waals surface area contributed by atoms with Crippen LogP contribution < -0.4 is 4.74 Å². The van der Waals surface area contributed by atoms with E-state index in [0.29, 0.717) is 47.2 Å². The second-order valence-corrected chi connectivity index (χ2v) is 9.98. The molecule has 0 spiro atoms. The maximum absolute atomic E-state index is 15.5. The maximum atomic E-state index is 15.5. The minimum absolute atomic E-state index is 0.0374. The van der Waals surface area contributed by atoms with Crippen LogP contribution in [0.2, 0.25) is 0 Å². The Morgan fingerprint density at radius 2 is 2.11 bits per heavy atom. The number of phenols is 1. The van der Waals surface area contributed by atoms with Crippen LogP contribution in [0.25, 0.3) is 10.9 Å². The van der Waals surface area contributed by atoms with E-state index in [2.05, 4.69) is 16.5 Å². The number of carbonyl (C=O) groups excluding carboxylic acids is 2. The van der Waals surface area contributed by atoms with Gasteiger partial charge in [0.05, 0.1) is 7.11 Å². The minimum atomic E-state index is -1.22. The van der Waals surface area contributed by atoms with Gasteiger partial charge in [-0.3, -0.25) is 14.6 Å². The average molecular weight is 507 g/mol. The number of imide groups is 1. The van der Waals surface area contributed by atoms with Crippen LogP contribution in [-0.2, 0) is 11.2 Å². The molecule has 3 heterocycles. The highest BCUT2D eigenvalue weighted by Gasteiger charge is 2.60. The summed E-state index contributed by atoms with van der Waals surface area (Å²) in [5, 5.41) is 10.6. The van der Waals surface area contributed by atoms with Gasteiger partial charge in [0.15, 0.2) is 11.6 Å². The molecular formula is C28H31FN4O4. The molecule has 3 aromatic rings. The van der Waals surface area contributed by atoms with E-state index in [4.69, 9.17) is 4.74 Å². The Kier molecular flexibility index (Phi) is 6.19. The standard InChI is InChI=1S/C28H31FN4O4/c1-5-12-31(3)13-7-14-32-26(35)28(2)16-19-22-20(10-11-21(37-4)23(22)29)30-24(19)25(33(28)27(32)36)17-8-6-9-18(34)15-17/h5-6,8-11,15,25,30,34H,1,7,12-14,16H2,2-4H3/t25-,28+/m1/s1. The van der Waals surface area contributed by atoms with Crippen molar-refractivity contribution in [3.8, 4) is 11.5 Å². The van der Waals surface area contributed by atoms with Crippen molar-refractivity contribution in [1.29, 1.82) is 0 Å². The lowest BCUT2D eigenvalue weighted by Gasteiger charge is -2.42. The van der Waals surface area contributed by atoms with Gasteiger partial charge in [0.2, 0.25) is 0 Å². The van der Waals surface area contributed by atoms with Crippen LogP contribution in [0.3, 0.4) is 0 Å². The van der Waals surface area contributed by atoms with Gasteiger partial charge in [-0.2, -0.15) is 0 Å². The van der Waals surface area contributed by atoms with Crippen LogP contribution in [-0.4, -0.2) is 76.1 Å². The Bertz CT molecular complexity index is 1400. The number of amides is 3. The topological polar surface area (TPSA) is 89.1 Å². The van der Waals surface area contributed by atoms with Crippen molar-refractivity contribution in [2.45, 2.75) is 31.3 Å². The lowest BCUT2D eigenvalue weighted by atomic mass is 9.81. The SMILES string of the molecule is C=CCN(C)CCCN1C(=O)N2[C@H](c3cccc(O)c3)c3[nH]c4ccc(OC)c(F)c4c3C[C@@]2(C)C1=O. The Morgan fingerprint density at radius 1 is 1.32 bits per heavy atom. The van der Waals surface area contributed by atoms with Gasteiger partial charge < -0.3 is 19.7 Å². The highest BCUT2D eigenvalue weighted by atomic mass is 19.1. The van der Waals surface area contributed by atoms with Crippen molar-refractivity contribution in [2.75, 3.05) is 33.8 Å². The van der Waals surface area contributed by atoms with Gasteiger partial charge in [-0.1, -0.05) is 18.2 Å². The van der Waals surface area contributed by atoms with Crippen LogP contribution in [0.1, 0.15) is 36.2 Å². The minimum Gasteiger partial charge on any atom is -0.508 e. The summed E-state index contributed by atoms with van der Waals surface area (Å²) in [5.74, 6) is -0.675. The van der Waals surface area contributed by atoms with E-state index in [9.17, 15) is 14.7 Å². The molecular weight excluding hydrogens is 475 g/mol. The van der Waals surface area contributed by atoms with E-state index in [1.165, 1.54) is 12.0 Å². The predicted molar refractivity (Wildman–Crippen MR) is 138 cm³/mol. The van der Waals surface area contributed by atoms with Crippen LogP contribution in [0.15, 0.2) is 49.1 Å². The zero-order valence-electron chi connectivity index (χ0n) is 21.3. The van der Waals surface area contributed by atoms with Gasteiger partial charge >= 0.3 is 6.03 Å². The third-order valence-corrected chi connectivity index (χ3v) is 7.50. The maximum Gasteiger partial charge on any atom is 0.328 e. The number of aromatic hydroxyl groups is 1. The highest BCUT2D eigenvalue weighted by molar-refractivity contribution is 6.08. The van der Waals surface area contributed by atoms with Gasteiger partial charge in [0.25, 0.3) is 5.91 Å². The summed E-state index contributed by atoms with van der Waals surface area (Å²) in [6, 6.07) is 8.79. The van der Waals surface area contributed by atoms with Gasteiger partial charge in [-0.25, -0.2) is 9.18 Å². The van der Waals surface area contributed by atoms with Gasteiger partial charge in [0, 0.05) is 36.1 Å².